The molecule has 0 bridgehead atoms. The van der Waals surface area contributed by atoms with Crippen LogP contribution < -0.4 is 4.74 Å². The molecule has 1 saturated heterocycles. The Bertz CT molecular complexity index is 973. The quantitative estimate of drug-likeness (QED) is 0.423. The topological polar surface area (TPSA) is 85.0 Å². The van der Waals surface area contributed by atoms with E-state index in [1.54, 1.807) is 17.0 Å². The number of rotatable bonds is 6. The molecule has 2 aromatic carbocycles. The van der Waals surface area contributed by atoms with Crippen LogP contribution in [0.15, 0.2) is 65.3 Å². The summed E-state index contributed by atoms with van der Waals surface area (Å²) in [5.74, 6) is 0.727. The number of ether oxygens (including phenoxy) is 1. The molecule has 2 unspecified atom stereocenters. The highest BCUT2D eigenvalue weighted by Crippen LogP contribution is 2.41. The van der Waals surface area contributed by atoms with Gasteiger partial charge in [0.2, 0.25) is 0 Å². The van der Waals surface area contributed by atoms with Crippen LogP contribution in [0.1, 0.15) is 12.5 Å². The highest BCUT2D eigenvalue weighted by Gasteiger charge is 2.52. The summed E-state index contributed by atoms with van der Waals surface area (Å²) >= 11 is 1.54. The van der Waals surface area contributed by atoms with E-state index < -0.39 is 4.92 Å². The van der Waals surface area contributed by atoms with E-state index in [2.05, 4.69) is 4.99 Å². The van der Waals surface area contributed by atoms with Gasteiger partial charge in [-0.2, -0.15) is 0 Å². The molecule has 4 rings (SSSR count). The molecular formula is C20H17N3O4S. The van der Waals surface area contributed by atoms with Crippen LogP contribution >= 0.6 is 11.8 Å². The molecule has 1 fully saturated rings. The van der Waals surface area contributed by atoms with Gasteiger partial charge in [0.1, 0.15) is 22.8 Å². The Labute approximate surface area is 165 Å². The maximum atomic E-state index is 12.5. The van der Waals surface area contributed by atoms with Crippen molar-refractivity contribution in [2.24, 2.45) is 4.99 Å². The van der Waals surface area contributed by atoms with Gasteiger partial charge in [-0.1, -0.05) is 30.0 Å². The number of benzene rings is 2. The summed E-state index contributed by atoms with van der Waals surface area (Å²) in [5, 5.41) is 11.5. The van der Waals surface area contributed by atoms with Gasteiger partial charge >= 0.3 is 0 Å². The maximum Gasteiger partial charge on any atom is 0.269 e. The van der Waals surface area contributed by atoms with Gasteiger partial charge in [-0.05, 0) is 42.8 Å². The van der Waals surface area contributed by atoms with Gasteiger partial charge in [-0.25, -0.2) is 0 Å². The minimum atomic E-state index is -0.435. The number of thioether (sulfide) groups is 1. The first kappa shape index (κ1) is 18.2. The second kappa shape index (κ2) is 7.47. The van der Waals surface area contributed by atoms with Crippen molar-refractivity contribution in [3.05, 3.63) is 76.0 Å². The number of fused-ring (bicyclic) bond motifs is 1. The molecule has 2 aliphatic heterocycles. The second-order valence-electron chi connectivity index (χ2n) is 6.42. The number of para-hydroxylation sites is 1. The van der Waals surface area contributed by atoms with Gasteiger partial charge in [0, 0.05) is 17.8 Å². The van der Waals surface area contributed by atoms with Crippen molar-refractivity contribution in [3.8, 4) is 5.75 Å². The van der Waals surface area contributed by atoms with E-state index in [1.165, 1.54) is 23.9 Å². The van der Waals surface area contributed by atoms with Crippen molar-refractivity contribution in [2.45, 2.75) is 18.3 Å². The van der Waals surface area contributed by atoms with Crippen LogP contribution in [0.2, 0.25) is 0 Å². The molecule has 0 aliphatic carbocycles. The van der Waals surface area contributed by atoms with Gasteiger partial charge < -0.3 is 4.74 Å². The first-order valence-electron chi connectivity index (χ1n) is 8.70. The third-order valence-electron chi connectivity index (χ3n) is 4.52. The normalized spacial score (nSPS) is 21.0. The predicted octanol–water partition coefficient (Wildman–Crippen LogP) is 3.72. The van der Waals surface area contributed by atoms with Crippen LogP contribution in [-0.4, -0.2) is 38.8 Å². The van der Waals surface area contributed by atoms with E-state index in [9.17, 15) is 14.9 Å². The number of aliphatic imine (C=N–C) groups is 1. The fourth-order valence-corrected chi connectivity index (χ4v) is 4.38. The molecule has 2 aliphatic rings. The van der Waals surface area contributed by atoms with Gasteiger partial charge in [0.15, 0.2) is 6.04 Å². The summed E-state index contributed by atoms with van der Waals surface area (Å²) in [6.45, 7) is 2.20. The van der Waals surface area contributed by atoms with E-state index in [-0.39, 0.29) is 23.0 Å². The summed E-state index contributed by atoms with van der Waals surface area (Å²) < 4.78 is 5.72. The number of carbonyl (C=O) groups excluding carboxylic acids is 1. The van der Waals surface area contributed by atoms with Crippen LogP contribution in [0.3, 0.4) is 0 Å². The van der Waals surface area contributed by atoms with Crippen molar-refractivity contribution < 1.29 is 14.5 Å². The Balaban J connectivity index is 1.40. The van der Waals surface area contributed by atoms with Crippen LogP contribution in [0.5, 0.6) is 5.75 Å². The van der Waals surface area contributed by atoms with Crippen molar-refractivity contribution in [2.75, 3.05) is 6.61 Å². The third-order valence-corrected chi connectivity index (χ3v) is 5.73. The van der Waals surface area contributed by atoms with Gasteiger partial charge in [-0.15, -0.1) is 0 Å². The Morgan fingerprint density at radius 3 is 2.64 bits per heavy atom. The molecule has 7 nitrogen and oxygen atoms in total. The minimum absolute atomic E-state index is 0.0390. The number of β-lactam (4-membered cyclic amide) rings is 1. The number of allylic oxidation sites excluding steroid dienone is 1. The summed E-state index contributed by atoms with van der Waals surface area (Å²) in [4.78, 5) is 29.0. The summed E-state index contributed by atoms with van der Waals surface area (Å²) in [5.41, 5.74) is 1.63. The molecular weight excluding hydrogens is 378 g/mol. The Kier molecular flexibility index (Phi) is 4.87. The smallest absolute Gasteiger partial charge is 0.269 e. The first-order valence-corrected chi connectivity index (χ1v) is 9.58. The molecule has 2 atom stereocenters. The molecule has 0 N–H and O–H groups in total. The average Bonchev–Trinajstić information content (AvgIpc) is 3.06. The van der Waals surface area contributed by atoms with Crippen molar-refractivity contribution in [3.63, 3.8) is 0 Å². The van der Waals surface area contributed by atoms with Crippen LogP contribution in [0.25, 0.3) is 6.08 Å². The SMILES string of the molecule is C/C(=C\c1ccc([N+](=O)[O-])cc1)N1C(=O)C2N=C(COc3ccccc3)SC21. The monoisotopic (exact) mass is 395 g/mol. The van der Waals surface area contributed by atoms with E-state index in [1.807, 2.05) is 43.3 Å². The van der Waals surface area contributed by atoms with Crippen LogP contribution in [0.4, 0.5) is 5.69 Å². The summed E-state index contributed by atoms with van der Waals surface area (Å²) in [6, 6.07) is 15.4. The number of nitrogens with zero attached hydrogens (tertiary/aromatic N) is 3. The van der Waals surface area contributed by atoms with E-state index >= 15 is 0 Å². The predicted molar refractivity (Wildman–Crippen MR) is 108 cm³/mol. The lowest BCUT2D eigenvalue weighted by Gasteiger charge is -2.41. The minimum Gasteiger partial charge on any atom is -0.487 e. The molecule has 28 heavy (non-hydrogen) atoms. The van der Waals surface area contributed by atoms with Crippen molar-refractivity contribution in [1.82, 2.24) is 4.90 Å². The fourth-order valence-electron chi connectivity index (χ4n) is 3.12. The van der Waals surface area contributed by atoms with Gasteiger partial charge in [-0.3, -0.25) is 24.8 Å². The first-order chi connectivity index (χ1) is 13.5. The van der Waals surface area contributed by atoms with Crippen LogP contribution in [-0.2, 0) is 4.79 Å². The number of amides is 1. The second-order valence-corrected chi connectivity index (χ2v) is 7.61. The van der Waals surface area contributed by atoms with Crippen LogP contribution in [0, 0.1) is 10.1 Å². The molecule has 1 amide bonds. The zero-order valence-electron chi connectivity index (χ0n) is 15.0. The molecule has 0 saturated carbocycles. The summed E-state index contributed by atoms with van der Waals surface area (Å²) in [6.07, 6.45) is 1.84. The molecule has 0 radical (unpaired) electrons. The fraction of sp³-hybridized carbons (Fsp3) is 0.200. The third kappa shape index (κ3) is 3.50. The summed E-state index contributed by atoms with van der Waals surface area (Å²) in [7, 11) is 0. The number of nitro groups is 1. The molecule has 0 aromatic heterocycles. The van der Waals surface area contributed by atoms with E-state index in [0.29, 0.717) is 6.61 Å². The molecule has 2 aromatic rings. The zero-order chi connectivity index (χ0) is 19.7. The number of carbonyl (C=O) groups is 1. The number of non-ortho nitro benzene ring substituents is 1. The largest absolute Gasteiger partial charge is 0.487 e. The van der Waals surface area contributed by atoms with Crippen molar-refractivity contribution >= 4 is 34.5 Å². The highest BCUT2D eigenvalue weighted by atomic mass is 32.2. The Hall–Kier alpha value is -3.13. The van der Waals surface area contributed by atoms with E-state index in [4.69, 9.17) is 4.74 Å². The zero-order valence-corrected chi connectivity index (χ0v) is 15.8. The Morgan fingerprint density at radius 1 is 1.25 bits per heavy atom. The lowest BCUT2D eigenvalue weighted by Crippen LogP contribution is -2.59. The number of nitro benzene ring substituents is 1. The number of likely N-dealkylation sites (tertiary alicyclic amines) is 1. The van der Waals surface area contributed by atoms with E-state index in [0.717, 1.165) is 22.1 Å². The maximum absolute atomic E-state index is 12.5. The molecule has 142 valence electrons. The number of hydrogen-bond donors (Lipinski definition) is 0. The number of hydrogen-bond acceptors (Lipinski definition) is 6. The lowest BCUT2D eigenvalue weighted by atomic mass is 10.1. The average molecular weight is 395 g/mol. The Morgan fingerprint density at radius 2 is 1.96 bits per heavy atom. The van der Waals surface area contributed by atoms with Gasteiger partial charge in [0.05, 0.1) is 4.92 Å². The van der Waals surface area contributed by atoms with Crippen molar-refractivity contribution in [1.29, 1.82) is 0 Å². The highest BCUT2D eigenvalue weighted by molar-refractivity contribution is 8.15. The standard InChI is InChI=1S/C20H17N3O4S/c1-13(11-14-7-9-15(10-8-14)23(25)26)22-19(24)18-20(22)28-17(21-18)12-27-16-5-3-2-4-6-16/h2-11,18,20H,12H2,1H3/b13-11+. The molecule has 8 heteroatoms. The lowest BCUT2D eigenvalue weighted by molar-refractivity contribution is -0.384. The van der Waals surface area contributed by atoms with Gasteiger partial charge in [0.25, 0.3) is 11.6 Å². The molecule has 0 spiro atoms. The molecule has 2 heterocycles.